The summed E-state index contributed by atoms with van der Waals surface area (Å²) in [6, 6.07) is 8.22. The van der Waals surface area contributed by atoms with Crippen LogP contribution in [0.15, 0.2) is 36.5 Å². The zero-order valence-electron chi connectivity index (χ0n) is 13.0. The molecule has 1 aliphatic rings. The highest BCUT2D eigenvalue weighted by Gasteiger charge is 2.38. The van der Waals surface area contributed by atoms with E-state index in [0.29, 0.717) is 13.1 Å². The summed E-state index contributed by atoms with van der Waals surface area (Å²) in [4.78, 5) is 13.7. The molecule has 5 nitrogen and oxygen atoms in total. The first-order chi connectivity index (χ1) is 11.0. The molecule has 1 aromatic carbocycles. The lowest BCUT2D eigenvalue weighted by Crippen LogP contribution is -2.27. The average Bonchev–Trinajstić information content (AvgIpc) is 3.11. The number of carbonyl (C=O) groups is 1. The van der Waals surface area contributed by atoms with Crippen LogP contribution in [0.25, 0.3) is 0 Å². The number of rotatable bonds is 5. The van der Waals surface area contributed by atoms with Crippen LogP contribution >= 0.6 is 0 Å². The maximum absolute atomic E-state index is 13.4. The van der Waals surface area contributed by atoms with Gasteiger partial charge >= 0.3 is 5.97 Å². The van der Waals surface area contributed by atoms with Crippen LogP contribution in [0.3, 0.4) is 0 Å². The number of carboxylic acid groups (broad SMARTS) is 1. The molecule has 1 aliphatic heterocycles. The third kappa shape index (κ3) is 3.59. The molecular formula is C17H20FN3O2. The second-order valence-corrected chi connectivity index (χ2v) is 6.09. The molecule has 23 heavy (non-hydrogen) atoms. The van der Waals surface area contributed by atoms with Crippen molar-refractivity contribution >= 4 is 5.97 Å². The second-order valence-electron chi connectivity index (χ2n) is 6.09. The Bertz CT molecular complexity index is 701. The molecule has 1 N–H and O–H groups in total. The predicted octanol–water partition coefficient (Wildman–Crippen LogP) is 2.13. The molecule has 0 bridgehead atoms. The largest absolute Gasteiger partial charge is 0.481 e. The van der Waals surface area contributed by atoms with Gasteiger partial charge in [-0.05, 0) is 30.7 Å². The molecule has 122 valence electrons. The Labute approximate surface area is 134 Å². The molecule has 0 unspecified atom stereocenters. The summed E-state index contributed by atoms with van der Waals surface area (Å²) in [6.07, 6.45) is 1.92. The van der Waals surface area contributed by atoms with Crippen molar-refractivity contribution in [3.63, 3.8) is 0 Å². The minimum absolute atomic E-state index is 0.178. The summed E-state index contributed by atoms with van der Waals surface area (Å²) < 4.78 is 15.3. The minimum atomic E-state index is -0.823. The fourth-order valence-corrected chi connectivity index (χ4v) is 3.22. The highest BCUT2D eigenvalue weighted by Crippen LogP contribution is 2.33. The Kier molecular flexibility index (Phi) is 4.43. The molecule has 1 saturated heterocycles. The zero-order valence-corrected chi connectivity index (χ0v) is 13.0. The van der Waals surface area contributed by atoms with Gasteiger partial charge < -0.3 is 5.11 Å². The third-order valence-corrected chi connectivity index (χ3v) is 4.41. The van der Waals surface area contributed by atoms with Crippen LogP contribution in [0, 0.1) is 18.7 Å². The van der Waals surface area contributed by atoms with Crippen LogP contribution in [0.1, 0.15) is 17.2 Å². The van der Waals surface area contributed by atoms with Gasteiger partial charge in [-0.15, -0.1) is 0 Å². The lowest BCUT2D eigenvalue weighted by atomic mass is 9.89. The van der Waals surface area contributed by atoms with Gasteiger partial charge in [-0.25, -0.2) is 4.39 Å². The van der Waals surface area contributed by atoms with Crippen molar-refractivity contribution in [2.75, 3.05) is 19.6 Å². The number of carboxylic acids is 1. The molecule has 6 heteroatoms. The fraction of sp³-hybridized carbons (Fsp3) is 0.412. The van der Waals surface area contributed by atoms with Gasteiger partial charge in [-0.3, -0.25) is 14.4 Å². The molecule has 0 radical (unpaired) electrons. The summed E-state index contributed by atoms with van der Waals surface area (Å²) in [5.41, 5.74) is 1.72. The van der Waals surface area contributed by atoms with Gasteiger partial charge in [-0.1, -0.05) is 12.1 Å². The number of halogens is 1. The van der Waals surface area contributed by atoms with Crippen molar-refractivity contribution in [1.29, 1.82) is 0 Å². The van der Waals surface area contributed by atoms with E-state index in [1.54, 1.807) is 6.07 Å². The van der Waals surface area contributed by atoms with Crippen LogP contribution in [-0.4, -0.2) is 45.4 Å². The molecule has 0 amide bonds. The third-order valence-electron chi connectivity index (χ3n) is 4.41. The van der Waals surface area contributed by atoms with Crippen molar-refractivity contribution < 1.29 is 14.3 Å². The molecule has 2 atom stereocenters. The normalized spacial score (nSPS) is 21.7. The summed E-state index contributed by atoms with van der Waals surface area (Å²) in [7, 11) is 0. The Morgan fingerprint density at radius 1 is 1.35 bits per heavy atom. The predicted molar refractivity (Wildman–Crippen MR) is 83.7 cm³/mol. The number of aliphatic carboxylic acids is 1. The Balaban J connectivity index is 1.69. The molecule has 0 spiro atoms. The van der Waals surface area contributed by atoms with E-state index in [-0.39, 0.29) is 11.7 Å². The summed E-state index contributed by atoms with van der Waals surface area (Å²) in [5.74, 6) is -1.83. The van der Waals surface area contributed by atoms with Gasteiger partial charge in [0.1, 0.15) is 5.82 Å². The van der Waals surface area contributed by atoms with Crippen molar-refractivity contribution in [3.8, 4) is 0 Å². The number of hydrogen-bond acceptors (Lipinski definition) is 3. The molecule has 1 aromatic heterocycles. The standard InChI is InChI=1S/C17H20FN3O2/c1-12-5-6-21(19-12)8-7-20-10-15(16(11-20)17(22)23)13-3-2-4-14(18)9-13/h2-6,9,15-16H,7-8,10-11H2,1H3,(H,22,23)/t15-,16+/m0/s1. The molecule has 3 rings (SSSR count). The Morgan fingerprint density at radius 3 is 2.83 bits per heavy atom. The maximum Gasteiger partial charge on any atom is 0.308 e. The van der Waals surface area contributed by atoms with Gasteiger partial charge in [0.05, 0.1) is 18.2 Å². The first-order valence-electron chi connectivity index (χ1n) is 7.73. The number of likely N-dealkylation sites (tertiary alicyclic amines) is 1. The minimum Gasteiger partial charge on any atom is -0.481 e. The van der Waals surface area contributed by atoms with Gasteiger partial charge in [0.25, 0.3) is 0 Å². The van der Waals surface area contributed by atoms with Crippen LogP contribution in [0.5, 0.6) is 0 Å². The average molecular weight is 317 g/mol. The molecule has 1 fully saturated rings. The smallest absolute Gasteiger partial charge is 0.308 e. The van der Waals surface area contributed by atoms with Gasteiger partial charge in [0, 0.05) is 31.7 Å². The Morgan fingerprint density at radius 2 is 2.17 bits per heavy atom. The fourth-order valence-electron chi connectivity index (χ4n) is 3.22. The van der Waals surface area contributed by atoms with Gasteiger partial charge in [0.2, 0.25) is 0 Å². The monoisotopic (exact) mass is 317 g/mol. The quantitative estimate of drug-likeness (QED) is 0.918. The highest BCUT2D eigenvalue weighted by atomic mass is 19.1. The van der Waals surface area contributed by atoms with Crippen LogP contribution in [0.2, 0.25) is 0 Å². The van der Waals surface area contributed by atoms with Crippen molar-refractivity contribution in [2.45, 2.75) is 19.4 Å². The van der Waals surface area contributed by atoms with Crippen LogP contribution < -0.4 is 0 Å². The lowest BCUT2D eigenvalue weighted by molar-refractivity contribution is -0.141. The number of aryl methyl sites for hydroxylation is 1. The van der Waals surface area contributed by atoms with Gasteiger partial charge in [-0.2, -0.15) is 5.10 Å². The summed E-state index contributed by atoms with van der Waals surface area (Å²) in [5, 5.41) is 13.8. The summed E-state index contributed by atoms with van der Waals surface area (Å²) >= 11 is 0. The van der Waals surface area contributed by atoms with E-state index in [4.69, 9.17) is 0 Å². The Hall–Kier alpha value is -2.21. The molecule has 2 aromatic rings. The van der Waals surface area contributed by atoms with Gasteiger partial charge in [0.15, 0.2) is 0 Å². The number of benzene rings is 1. The maximum atomic E-state index is 13.4. The van der Waals surface area contributed by atoms with E-state index in [0.717, 1.165) is 24.3 Å². The first kappa shape index (κ1) is 15.7. The SMILES string of the molecule is Cc1ccn(CCN2C[C@@H](C(=O)O)[C@H](c3cccc(F)c3)C2)n1. The number of nitrogens with zero attached hydrogens (tertiary/aromatic N) is 3. The van der Waals surface area contributed by atoms with Crippen molar-refractivity contribution in [1.82, 2.24) is 14.7 Å². The zero-order chi connectivity index (χ0) is 16.4. The van der Waals surface area contributed by atoms with E-state index in [2.05, 4.69) is 10.00 Å². The first-order valence-corrected chi connectivity index (χ1v) is 7.73. The van der Waals surface area contributed by atoms with Crippen LogP contribution in [0.4, 0.5) is 4.39 Å². The molecular weight excluding hydrogens is 297 g/mol. The topological polar surface area (TPSA) is 58.4 Å². The van der Waals surface area contributed by atoms with Crippen molar-refractivity contribution in [2.24, 2.45) is 5.92 Å². The number of aromatic nitrogens is 2. The van der Waals surface area contributed by atoms with E-state index in [1.807, 2.05) is 29.9 Å². The van der Waals surface area contributed by atoms with Crippen LogP contribution in [-0.2, 0) is 11.3 Å². The number of hydrogen-bond donors (Lipinski definition) is 1. The van der Waals surface area contributed by atoms with E-state index >= 15 is 0 Å². The molecule has 2 heterocycles. The van der Waals surface area contributed by atoms with E-state index in [1.165, 1.54) is 12.1 Å². The van der Waals surface area contributed by atoms with E-state index in [9.17, 15) is 14.3 Å². The summed E-state index contributed by atoms with van der Waals surface area (Å²) in [6.45, 7) is 4.50. The molecule has 0 saturated carbocycles. The highest BCUT2D eigenvalue weighted by molar-refractivity contribution is 5.72. The van der Waals surface area contributed by atoms with Crippen molar-refractivity contribution in [3.05, 3.63) is 53.6 Å². The molecule has 0 aliphatic carbocycles. The second kappa shape index (κ2) is 6.50. The van der Waals surface area contributed by atoms with E-state index < -0.39 is 11.9 Å². The lowest BCUT2D eigenvalue weighted by Gasteiger charge is -2.16.